The molecule has 2 aromatic carbocycles. The zero-order valence-electron chi connectivity index (χ0n) is 22.6. The molecule has 0 bridgehead atoms. The number of aromatic nitrogens is 6. The summed E-state index contributed by atoms with van der Waals surface area (Å²) in [5, 5.41) is 0. The number of imidazole rings is 2. The van der Waals surface area contributed by atoms with E-state index in [1.54, 1.807) is 26.6 Å². The normalized spacial score (nSPS) is 11.2. The standard InChI is InChI=1S/C30H28N6O5/c1-37-19-3-7-23-27(15-19)35-29(33-23)25-9-5-21(17-31-25)40-13-11-39-12-14-41-22-6-10-26(32-18-22)30-34-24-8-4-20(38-2)16-28(24)36-30/h3-10,15-18H,11-14H2,1-2H3,(H,33,35)(H,34,36). The topological polar surface area (TPSA) is 129 Å². The van der Waals surface area contributed by atoms with E-state index < -0.39 is 0 Å². The van der Waals surface area contributed by atoms with Crippen molar-refractivity contribution in [1.29, 1.82) is 0 Å². The molecule has 0 amide bonds. The van der Waals surface area contributed by atoms with Gasteiger partial charge in [-0.3, -0.25) is 0 Å². The van der Waals surface area contributed by atoms with Gasteiger partial charge in [0.25, 0.3) is 0 Å². The maximum atomic E-state index is 5.74. The van der Waals surface area contributed by atoms with Gasteiger partial charge in [-0.25, -0.2) is 19.9 Å². The Bertz CT molecular complexity index is 1620. The number of H-pyrrole nitrogens is 2. The average Bonchev–Trinajstić information content (AvgIpc) is 3.65. The zero-order chi connectivity index (χ0) is 28.0. The third kappa shape index (κ3) is 6.04. The molecule has 0 saturated carbocycles. The largest absolute Gasteiger partial charge is 0.497 e. The Morgan fingerprint density at radius 1 is 0.561 bits per heavy atom. The van der Waals surface area contributed by atoms with Crippen LogP contribution in [-0.4, -0.2) is 70.6 Å². The van der Waals surface area contributed by atoms with Gasteiger partial charge in [-0.1, -0.05) is 0 Å². The van der Waals surface area contributed by atoms with Crippen molar-refractivity contribution in [2.75, 3.05) is 40.6 Å². The summed E-state index contributed by atoms with van der Waals surface area (Å²) in [5.41, 5.74) is 4.92. The SMILES string of the molecule is COc1ccc2[nH]c(-c3ccc(OCCOCCOc4ccc(-c5nc6cc(OC)ccc6[nH]5)nc4)cn3)nc2c1. The number of nitrogens with zero attached hydrogens (tertiary/aromatic N) is 4. The Morgan fingerprint density at radius 2 is 1.02 bits per heavy atom. The molecule has 0 fully saturated rings. The van der Waals surface area contributed by atoms with E-state index in [1.165, 1.54) is 0 Å². The third-order valence-corrected chi connectivity index (χ3v) is 6.33. The third-order valence-electron chi connectivity index (χ3n) is 6.33. The van der Waals surface area contributed by atoms with E-state index in [0.717, 1.165) is 45.0 Å². The second-order valence-electron chi connectivity index (χ2n) is 9.00. The van der Waals surface area contributed by atoms with Gasteiger partial charge in [-0.05, 0) is 48.5 Å². The molecule has 11 nitrogen and oxygen atoms in total. The minimum absolute atomic E-state index is 0.394. The van der Waals surface area contributed by atoms with E-state index >= 15 is 0 Å². The van der Waals surface area contributed by atoms with Gasteiger partial charge in [-0.2, -0.15) is 0 Å². The Kier molecular flexibility index (Phi) is 7.59. The predicted octanol–water partition coefficient (Wildman–Crippen LogP) is 5.05. The van der Waals surface area contributed by atoms with Crippen LogP contribution >= 0.6 is 0 Å². The van der Waals surface area contributed by atoms with Crippen LogP contribution in [0.1, 0.15) is 0 Å². The number of rotatable bonds is 12. The first kappa shape index (κ1) is 26.1. The summed E-state index contributed by atoms with van der Waals surface area (Å²) >= 11 is 0. The van der Waals surface area contributed by atoms with Gasteiger partial charge in [0.15, 0.2) is 11.6 Å². The van der Waals surface area contributed by atoms with Gasteiger partial charge in [0, 0.05) is 12.1 Å². The highest BCUT2D eigenvalue weighted by Crippen LogP contribution is 2.25. The van der Waals surface area contributed by atoms with E-state index in [9.17, 15) is 0 Å². The highest BCUT2D eigenvalue weighted by atomic mass is 16.5. The summed E-state index contributed by atoms with van der Waals surface area (Å²) in [6.45, 7) is 1.63. The molecule has 0 aliphatic rings. The summed E-state index contributed by atoms with van der Waals surface area (Å²) < 4.78 is 27.6. The molecule has 0 saturated heterocycles. The predicted molar refractivity (Wildman–Crippen MR) is 154 cm³/mol. The maximum absolute atomic E-state index is 5.74. The van der Waals surface area contributed by atoms with Crippen molar-refractivity contribution in [3.63, 3.8) is 0 Å². The second kappa shape index (κ2) is 11.9. The van der Waals surface area contributed by atoms with Crippen molar-refractivity contribution in [3.05, 3.63) is 73.1 Å². The fourth-order valence-electron chi connectivity index (χ4n) is 4.22. The van der Waals surface area contributed by atoms with E-state index in [-0.39, 0.29) is 0 Å². The van der Waals surface area contributed by atoms with Crippen molar-refractivity contribution in [2.45, 2.75) is 0 Å². The van der Waals surface area contributed by atoms with E-state index in [1.807, 2.05) is 60.7 Å². The van der Waals surface area contributed by atoms with Crippen molar-refractivity contribution in [3.8, 4) is 46.0 Å². The number of methoxy groups -OCH3 is 2. The number of benzene rings is 2. The number of hydrogen-bond acceptors (Lipinski definition) is 9. The van der Waals surface area contributed by atoms with Crippen LogP contribution in [0.15, 0.2) is 73.1 Å². The van der Waals surface area contributed by atoms with Crippen LogP contribution in [0.3, 0.4) is 0 Å². The molecule has 6 rings (SSSR count). The monoisotopic (exact) mass is 552 g/mol. The average molecular weight is 553 g/mol. The Morgan fingerprint density at radius 3 is 1.44 bits per heavy atom. The molecule has 0 aliphatic heterocycles. The first-order valence-corrected chi connectivity index (χ1v) is 13.0. The lowest BCUT2D eigenvalue weighted by molar-refractivity contribution is 0.0762. The lowest BCUT2D eigenvalue weighted by atomic mass is 10.3. The molecular formula is C30H28N6O5. The molecule has 0 aliphatic carbocycles. The molecule has 41 heavy (non-hydrogen) atoms. The molecule has 2 N–H and O–H groups in total. The van der Waals surface area contributed by atoms with Crippen LogP contribution in [0.5, 0.6) is 23.0 Å². The molecule has 0 spiro atoms. The molecule has 0 atom stereocenters. The summed E-state index contributed by atoms with van der Waals surface area (Å²) in [4.78, 5) is 24.7. The van der Waals surface area contributed by atoms with Crippen LogP contribution in [0.2, 0.25) is 0 Å². The molecule has 0 unspecified atom stereocenters. The van der Waals surface area contributed by atoms with Gasteiger partial charge in [0.1, 0.15) is 47.6 Å². The number of ether oxygens (including phenoxy) is 5. The van der Waals surface area contributed by atoms with Gasteiger partial charge in [0.2, 0.25) is 0 Å². The van der Waals surface area contributed by atoms with Crippen molar-refractivity contribution in [1.82, 2.24) is 29.9 Å². The van der Waals surface area contributed by atoms with Crippen LogP contribution < -0.4 is 18.9 Å². The number of fused-ring (bicyclic) bond motifs is 2. The van der Waals surface area contributed by atoms with Crippen LogP contribution in [0.4, 0.5) is 0 Å². The molecule has 6 aromatic rings. The van der Waals surface area contributed by atoms with E-state index in [4.69, 9.17) is 23.7 Å². The van der Waals surface area contributed by atoms with E-state index in [0.29, 0.717) is 49.6 Å². The summed E-state index contributed by atoms with van der Waals surface area (Å²) in [5.74, 6) is 4.19. The molecular weight excluding hydrogens is 524 g/mol. The van der Waals surface area contributed by atoms with E-state index in [2.05, 4.69) is 29.9 Å². The van der Waals surface area contributed by atoms with Gasteiger partial charge in [-0.15, -0.1) is 0 Å². The van der Waals surface area contributed by atoms with Gasteiger partial charge in [0.05, 0.1) is 61.9 Å². The van der Waals surface area contributed by atoms with Gasteiger partial charge < -0.3 is 33.7 Å². The number of hydrogen-bond donors (Lipinski definition) is 2. The maximum Gasteiger partial charge on any atom is 0.157 e. The fraction of sp³-hybridized carbons (Fsp3) is 0.200. The van der Waals surface area contributed by atoms with Gasteiger partial charge >= 0.3 is 0 Å². The molecule has 0 radical (unpaired) electrons. The van der Waals surface area contributed by atoms with Crippen molar-refractivity contribution >= 4 is 22.1 Å². The summed E-state index contributed by atoms with van der Waals surface area (Å²) in [6.07, 6.45) is 3.34. The highest BCUT2D eigenvalue weighted by molar-refractivity contribution is 5.81. The minimum atomic E-state index is 0.394. The minimum Gasteiger partial charge on any atom is -0.497 e. The highest BCUT2D eigenvalue weighted by Gasteiger charge is 2.09. The van der Waals surface area contributed by atoms with Crippen molar-refractivity contribution < 1.29 is 23.7 Å². The Labute approximate surface area is 235 Å². The molecule has 4 aromatic heterocycles. The molecule has 208 valence electrons. The molecule has 4 heterocycles. The smallest absolute Gasteiger partial charge is 0.157 e. The molecule has 11 heteroatoms. The fourth-order valence-corrected chi connectivity index (χ4v) is 4.22. The van der Waals surface area contributed by atoms with Crippen LogP contribution in [-0.2, 0) is 4.74 Å². The second-order valence-corrected chi connectivity index (χ2v) is 9.00. The number of aromatic amines is 2. The number of pyridine rings is 2. The van der Waals surface area contributed by atoms with Crippen molar-refractivity contribution in [2.24, 2.45) is 0 Å². The number of nitrogens with one attached hydrogen (secondary N) is 2. The summed E-state index contributed by atoms with van der Waals surface area (Å²) in [7, 11) is 3.27. The lowest BCUT2D eigenvalue weighted by Gasteiger charge is -2.09. The summed E-state index contributed by atoms with van der Waals surface area (Å²) in [6, 6.07) is 18.9. The lowest BCUT2D eigenvalue weighted by Crippen LogP contribution is -2.12. The quantitative estimate of drug-likeness (QED) is 0.200. The Balaban J connectivity index is 0.913. The van der Waals surface area contributed by atoms with Crippen LogP contribution in [0, 0.1) is 0 Å². The zero-order valence-corrected chi connectivity index (χ0v) is 22.6. The Hall–Kier alpha value is -5.16. The first-order chi connectivity index (χ1) is 20.2. The first-order valence-electron chi connectivity index (χ1n) is 13.0. The van der Waals surface area contributed by atoms with Crippen LogP contribution in [0.25, 0.3) is 45.1 Å².